The van der Waals surface area contributed by atoms with Gasteiger partial charge < -0.3 is 10.2 Å². The minimum absolute atomic E-state index is 0.0707. The molecule has 0 aromatic heterocycles. The summed E-state index contributed by atoms with van der Waals surface area (Å²) in [4.78, 5) is 25.3. The highest BCUT2D eigenvalue weighted by Crippen LogP contribution is 2.05. The number of amides is 2. The molecule has 0 aliphatic heterocycles. The fraction of sp³-hybridized carbons (Fsp3) is 0.467. The van der Waals surface area contributed by atoms with Crippen LogP contribution in [0.4, 0.5) is 0 Å². The number of nitrogens with one attached hydrogen (secondary N) is 1. The number of carbonyl (C=O) groups excluding carboxylic acids is 2. The van der Waals surface area contributed by atoms with Crippen LogP contribution in [0.5, 0.6) is 0 Å². The molecule has 0 aliphatic carbocycles. The van der Waals surface area contributed by atoms with Gasteiger partial charge in [-0.15, -0.1) is 0 Å². The first-order valence-corrected chi connectivity index (χ1v) is 6.59. The van der Waals surface area contributed by atoms with E-state index < -0.39 is 6.04 Å². The van der Waals surface area contributed by atoms with E-state index in [4.69, 9.17) is 0 Å². The van der Waals surface area contributed by atoms with Crippen molar-refractivity contribution in [1.82, 2.24) is 10.2 Å². The van der Waals surface area contributed by atoms with E-state index in [1.807, 2.05) is 37.3 Å². The fourth-order valence-corrected chi connectivity index (χ4v) is 1.86. The predicted molar refractivity (Wildman–Crippen MR) is 75.7 cm³/mol. The summed E-state index contributed by atoms with van der Waals surface area (Å²) in [5, 5.41) is 2.82. The Bertz CT molecular complexity index is 415. The van der Waals surface area contributed by atoms with E-state index in [9.17, 15) is 9.59 Å². The van der Waals surface area contributed by atoms with Crippen LogP contribution in [-0.2, 0) is 16.0 Å². The maximum Gasteiger partial charge on any atom is 0.244 e. The van der Waals surface area contributed by atoms with Crippen molar-refractivity contribution in [2.45, 2.75) is 32.2 Å². The molecule has 0 saturated carbocycles. The molecule has 1 aromatic carbocycles. The van der Waals surface area contributed by atoms with Crippen LogP contribution in [0.2, 0.25) is 0 Å². The molecule has 1 unspecified atom stereocenters. The molecular formula is C15H22N2O2. The van der Waals surface area contributed by atoms with E-state index in [1.165, 1.54) is 4.90 Å². The number of hydrogen-bond donors (Lipinski definition) is 1. The Morgan fingerprint density at radius 1 is 1.21 bits per heavy atom. The van der Waals surface area contributed by atoms with Crippen molar-refractivity contribution >= 4 is 11.8 Å². The summed E-state index contributed by atoms with van der Waals surface area (Å²) in [5.74, 6) is -0.146. The molecule has 1 N–H and O–H groups in total. The molecule has 4 heteroatoms. The second kappa shape index (κ2) is 7.56. The Morgan fingerprint density at radius 2 is 1.84 bits per heavy atom. The summed E-state index contributed by atoms with van der Waals surface area (Å²) in [6.07, 6.45) is 1.75. The zero-order valence-corrected chi connectivity index (χ0v) is 11.8. The quantitative estimate of drug-likeness (QED) is 0.846. The number of hydrogen-bond acceptors (Lipinski definition) is 2. The highest BCUT2D eigenvalue weighted by atomic mass is 16.2. The van der Waals surface area contributed by atoms with Crippen LogP contribution in [0.15, 0.2) is 30.3 Å². The summed E-state index contributed by atoms with van der Waals surface area (Å²) in [5.41, 5.74) is 1.04. The first kappa shape index (κ1) is 15.2. The molecule has 0 spiro atoms. The Morgan fingerprint density at radius 3 is 2.37 bits per heavy atom. The molecule has 2 amide bonds. The summed E-state index contributed by atoms with van der Waals surface area (Å²) in [6, 6.07) is 9.23. The number of nitrogens with zero attached hydrogens (tertiary/aromatic N) is 1. The molecule has 19 heavy (non-hydrogen) atoms. The molecule has 0 heterocycles. The lowest BCUT2D eigenvalue weighted by Gasteiger charge is -2.21. The fourth-order valence-electron chi connectivity index (χ4n) is 1.86. The minimum atomic E-state index is -0.489. The van der Waals surface area contributed by atoms with Gasteiger partial charge in [-0.05, 0) is 12.0 Å². The molecule has 4 nitrogen and oxygen atoms in total. The van der Waals surface area contributed by atoms with Crippen LogP contribution >= 0.6 is 0 Å². The third-order valence-corrected chi connectivity index (χ3v) is 2.83. The maximum atomic E-state index is 12.1. The zero-order chi connectivity index (χ0) is 14.3. The van der Waals surface area contributed by atoms with Crippen molar-refractivity contribution in [2.75, 3.05) is 14.1 Å². The first-order valence-electron chi connectivity index (χ1n) is 6.59. The van der Waals surface area contributed by atoms with Crippen molar-refractivity contribution in [1.29, 1.82) is 0 Å². The number of likely N-dealkylation sites (N-methyl/N-ethyl adjacent to an activating group) is 1. The van der Waals surface area contributed by atoms with Crippen molar-refractivity contribution in [3.63, 3.8) is 0 Å². The molecule has 1 rings (SSSR count). The minimum Gasteiger partial charge on any atom is -0.347 e. The van der Waals surface area contributed by atoms with E-state index in [1.54, 1.807) is 14.1 Å². The average Bonchev–Trinajstić information content (AvgIpc) is 2.38. The van der Waals surface area contributed by atoms with Crippen molar-refractivity contribution in [3.8, 4) is 0 Å². The summed E-state index contributed by atoms with van der Waals surface area (Å²) in [7, 11) is 3.40. The van der Waals surface area contributed by atoms with E-state index in [0.717, 1.165) is 12.0 Å². The molecule has 0 radical (unpaired) electrons. The number of benzene rings is 1. The molecule has 104 valence electrons. The van der Waals surface area contributed by atoms with Gasteiger partial charge >= 0.3 is 0 Å². The predicted octanol–water partition coefficient (Wildman–Crippen LogP) is 1.60. The Balaban J connectivity index is 2.75. The van der Waals surface area contributed by atoms with Gasteiger partial charge in [-0.3, -0.25) is 9.59 Å². The van der Waals surface area contributed by atoms with Crippen molar-refractivity contribution in [3.05, 3.63) is 35.9 Å². The molecule has 0 aliphatic rings. The Kier molecular flexibility index (Phi) is 6.06. The average molecular weight is 262 g/mol. The number of carbonyl (C=O) groups is 2. The number of rotatable bonds is 6. The topological polar surface area (TPSA) is 49.4 Å². The van der Waals surface area contributed by atoms with Gasteiger partial charge in [0.2, 0.25) is 11.8 Å². The van der Waals surface area contributed by atoms with Gasteiger partial charge in [0, 0.05) is 26.9 Å². The van der Waals surface area contributed by atoms with Crippen LogP contribution in [0.1, 0.15) is 25.3 Å². The molecule has 0 bridgehead atoms. The normalized spacial score (nSPS) is 11.7. The van der Waals surface area contributed by atoms with Crippen LogP contribution in [0, 0.1) is 0 Å². The van der Waals surface area contributed by atoms with Gasteiger partial charge in [0.15, 0.2) is 0 Å². The molecule has 1 aromatic rings. The standard InChI is InChI=1S/C15H22N2O2/c1-4-8-14(18)16-13(15(19)17(2)3)11-12-9-6-5-7-10-12/h5-7,9-10,13H,4,8,11H2,1-3H3,(H,16,18). The van der Waals surface area contributed by atoms with Gasteiger partial charge in [-0.2, -0.15) is 0 Å². The lowest BCUT2D eigenvalue weighted by atomic mass is 10.0. The van der Waals surface area contributed by atoms with Gasteiger partial charge in [0.1, 0.15) is 6.04 Å². The van der Waals surface area contributed by atoms with Crippen molar-refractivity contribution in [2.24, 2.45) is 0 Å². The molecular weight excluding hydrogens is 240 g/mol. The molecule has 1 atom stereocenters. The van der Waals surface area contributed by atoms with Crippen molar-refractivity contribution < 1.29 is 9.59 Å². The lowest BCUT2D eigenvalue weighted by Crippen LogP contribution is -2.47. The second-order valence-corrected chi connectivity index (χ2v) is 4.79. The highest BCUT2D eigenvalue weighted by Gasteiger charge is 2.22. The van der Waals surface area contributed by atoms with E-state index in [2.05, 4.69) is 5.32 Å². The van der Waals surface area contributed by atoms with Crippen LogP contribution < -0.4 is 5.32 Å². The third kappa shape index (κ3) is 5.12. The first-order chi connectivity index (χ1) is 9.04. The largest absolute Gasteiger partial charge is 0.347 e. The van der Waals surface area contributed by atoms with Gasteiger partial charge in [-0.1, -0.05) is 37.3 Å². The monoisotopic (exact) mass is 262 g/mol. The Labute approximate surface area is 114 Å². The second-order valence-electron chi connectivity index (χ2n) is 4.79. The Hall–Kier alpha value is -1.84. The third-order valence-electron chi connectivity index (χ3n) is 2.83. The molecule has 0 saturated heterocycles. The summed E-state index contributed by atoms with van der Waals surface area (Å²) in [6.45, 7) is 1.94. The summed E-state index contributed by atoms with van der Waals surface area (Å²) >= 11 is 0. The van der Waals surface area contributed by atoms with Crippen LogP contribution in [0.3, 0.4) is 0 Å². The van der Waals surface area contributed by atoms with Crippen LogP contribution in [0.25, 0.3) is 0 Å². The van der Waals surface area contributed by atoms with Gasteiger partial charge in [-0.25, -0.2) is 0 Å². The SMILES string of the molecule is CCCC(=O)NC(Cc1ccccc1)C(=O)N(C)C. The van der Waals surface area contributed by atoms with E-state index in [0.29, 0.717) is 12.8 Å². The van der Waals surface area contributed by atoms with Crippen LogP contribution in [-0.4, -0.2) is 36.9 Å². The smallest absolute Gasteiger partial charge is 0.244 e. The van der Waals surface area contributed by atoms with Gasteiger partial charge in [0.25, 0.3) is 0 Å². The van der Waals surface area contributed by atoms with E-state index in [-0.39, 0.29) is 11.8 Å². The summed E-state index contributed by atoms with van der Waals surface area (Å²) < 4.78 is 0. The highest BCUT2D eigenvalue weighted by molar-refractivity contribution is 5.87. The zero-order valence-electron chi connectivity index (χ0n) is 11.8. The van der Waals surface area contributed by atoms with E-state index >= 15 is 0 Å². The molecule has 0 fully saturated rings. The maximum absolute atomic E-state index is 12.1. The van der Waals surface area contributed by atoms with Gasteiger partial charge in [0.05, 0.1) is 0 Å². The lowest BCUT2D eigenvalue weighted by molar-refractivity contribution is -0.134.